The monoisotopic (exact) mass is 798 g/mol. The lowest BCUT2D eigenvalue weighted by molar-refractivity contribution is 0.0528. The minimum absolute atomic E-state index is 0.0160. The first-order chi connectivity index (χ1) is 24.4. The molecule has 0 radical (unpaired) electrons. The molecule has 5 aromatic carbocycles. The average molecular weight is 801 g/mol. The van der Waals surface area contributed by atoms with Crippen LogP contribution in [0.25, 0.3) is 43.4 Å². The highest BCUT2D eigenvalue weighted by atomic mass is 35.5. The molecule has 0 amide bonds. The van der Waals surface area contributed by atoms with E-state index < -0.39 is 17.9 Å². The van der Waals surface area contributed by atoms with Gasteiger partial charge in [0.05, 0.1) is 54.4 Å². The third-order valence-electron chi connectivity index (χ3n) is 8.29. The van der Waals surface area contributed by atoms with Crippen molar-refractivity contribution >= 4 is 131 Å². The van der Waals surface area contributed by atoms with Crippen LogP contribution in [0.1, 0.15) is 50.5 Å². The van der Waals surface area contributed by atoms with E-state index >= 15 is 0 Å². The Kier molecular flexibility index (Phi) is 9.52. The number of carbonyl (C=O) groups excluding carboxylic acids is 3. The molecule has 7 aromatic rings. The van der Waals surface area contributed by atoms with Gasteiger partial charge in [0, 0.05) is 54.8 Å². The van der Waals surface area contributed by atoms with Crippen molar-refractivity contribution in [1.29, 1.82) is 0 Å². The predicted molar refractivity (Wildman–Crippen MR) is 201 cm³/mol. The first-order valence-corrected chi connectivity index (χ1v) is 17.5. The molecule has 0 bridgehead atoms. The smallest absolute Gasteiger partial charge is 0.344 e. The Labute approximate surface area is 319 Å². The van der Waals surface area contributed by atoms with E-state index in [4.69, 9.17) is 93.8 Å². The van der Waals surface area contributed by atoms with Gasteiger partial charge in [-0.25, -0.2) is 14.4 Å². The van der Waals surface area contributed by atoms with E-state index in [9.17, 15) is 14.4 Å². The maximum Gasteiger partial charge on any atom is 0.344 e. The molecule has 2 heterocycles. The van der Waals surface area contributed by atoms with E-state index in [0.717, 1.165) is 5.56 Å². The van der Waals surface area contributed by atoms with E-state index in [0.29, 0.717) is 44.4 Å². The Bertz CT molecular complexity index is 2560. The first kappa shape index (κ1) is 35.3. The van der Waals surface area contributed by atoms with Crippen LogP contribution in [0.3, 0.4) is 0 Å². The van der Waals surface area contributed by atoms with Crippen molar-refractivity contribution in [3.8, 4) is 11.5 Å². The number of pyridine rings is 2. The van der Waals surface area contributed by atoms with Gasteiger partial charge in [0.1, 0.15) is 0 Å². The molecule has 2 aromatic heterocycles. The Balaban J connectivity index is 1.49. The fourth-order valence-corrected chi connectivity index (χ4v) is 7.95. The zero-order valence-electron chi connectivity index (χ0n) is 26.3. The van der Waals surface area contributed by atoms with Crippen molar-refractivity contribution in [1.82, 2.24) is 9.97 Å². The summed E-state index contributed by atoms with van der Waals surface area (Å²) in [7, 11) is 0. The number of halogens is 6. The summed E-state index contributed by atoms with van der Waals surface area (Å²) in [5.41, 5.74) is 1.95. The Morgan fingerprint density at radius 1 is 0.569 bits per heavy atom. The van der Waals surface area contributed by atoms with Crippen LogP contribution in [-0.4, -0.2) is 34.5 Å². The number of nitrogens with zero attached hydrogens (tertiary/aromatic N) is 2. The number of aryl methyl sites for hydroxylation is 1. The SMILES string of the molecule is CCOC(=O)c1cnc2c3ccc(C(=O)Oc4c(Cl)cc(Cl)cc4Cl)c4c(CC)cnc(c5ccc(C(=O)Oc6c(Cl)cc(Cl)cc6Cl)c1c52)c43. The summed E-state index contributed by atoms with van der Waals surface area (Å²) in [6.07, 6.45) is 3.54. The van der Waals surface area contributed by atoms with Gasteiger partial charge in [-0.15, -0.1) is 0 Å². The lowest BCUT2D eigenvalue weighted by Crippen LogP contribution is -2.14. The number of aromatic nitrogens is 2. The highest BCUT2D eigenvalue weighted by Crippen LogP contribution is 2.44. The average Bonchev–Trinajstić information content (AvgIpc) is 3.09. The number of esters is 3. The van der Waals surface area contributed by atoms with Gasteiger partial charge in [0.2, 0.25) is 0 Å². The molecule has 0 aliphatic rings. The highest BCUT2D eigenvalue weighted by Gasteiger charge is 2.28. The van der Waals surface area contributed by atoms with Gasteiger partial charge >= 0.3 is 17.9 Å². The zero-order chi connectivity index (χ0) is 36.3. The number of benzene rings is 5. The van der Waals surface area contributed by atoms with Gasteiger partial charge in [-0.05, 0) is 55.3 Å². The van der Waals surface area contributed by atoms with Gasteiger partial charge in [0.25, 0.3) is 0 Å². The summed E-state index contributed by atoms with van der Waals surface area (Å²) in [6, 6.07) is 12.1. The number of carbonyl (C=O) groups is 3. The van der Waals surface area contributed by atoms with Gasteiger partial charge in [-0.3, -0.25) is 9.97 Å². The molecular formula is C37H20Cl6N2O6. The van der Waals surface area contributed by atoms with Crippen molar-refractivity contribution in [2.75, 3.05) is 6.61 Å². The van der Waals surface area contributed by atoms with Crippen LogP contribution in [0, 0.1) is 0 Å². The summed E-state index contributed by atoms with van der Waals surface area (Å²) in [5, 5.41) is 3.72. The topological polar surface area (TPSA) is 105 Å². The van der Waals surface area contributed by atoms with Crippen molar-refractivity contribution in [2.24, 2.45) is 0 Å². The van der Waals surface area contributed by atoms with Crippen molar-refractivity contribution in [2.45, 2.75) is 20.3 Å². The molecule has 0 atom stereocenters. The molecule has 0 unspecified atom stereocenters. The Morgan fingerprint density at radius 2 is 1.02 bits per heavy atom. The number of ether oxygens (including phenoxy) is 3. The maximum absolute atomic E-state index is 13.9. The second-order valence-electron chi connectivity index (χ2n) is 11.2. The van der Waals surface area contributed by atoms with Gasteiger partial charge < -0.3 is 14.2 Å². The summed E-state index contributed by atoms with van der Waals surface area (Å²) >= 11 is 37.4. The lowest BCUT2D eigenvalue weighted by Gasteiger charge is -2.19. The van der Waals surface area contributed by atoms with E-state index in [1.807, 2.05) is 6.92 Å². The molecule has 0 N–H and O–H groups in total. The fraction of sp³-hybridized carbons (Fsp3) is 0.108. The van der Waals surface area contributed by atoms with E-state index in [1.165, 1.54) is 36.5 Å². The van der Waals surface area contributed by atoms with Gasteiger partial charge in [-0.2, -0.15) is 0 Å². The molecule has 14 heteroatoms. The fourth-order valence-electron chi connectivity index (χ4n) is 6.16. The van der Waals surface area contributed by atoms with Crippen LogP contribution in [0.5, 0.6) is 11.5 Å². The summed E-state index contributed by atoms with van der Waals surface area (Å²) in [5.74, 6) is -2.40. The minimum Gasteiger partial charge on any atom is -0.462 e. The normalized spacial score (nSPS) is 11.5. The third kappa shape index (κ3) is 6.04. The van der Waals surface area contributed by atoms with E-state index in [-0.39, 0.29) is 70.3 Å². The molecule has 0 spiro atoms. The third-order valence-corrected chi connectivity index (χ3v) is 9.85. The summed E-state index contributed by atoms with van der Waals surface area (Å²) in [4.78, 5) is 50.6. The largest absolute Gasteiger partial charge is 0.462 e. The molecule has 256 valence electrons. The van der Waals surface area contributed by atoms with E-state index in [2.05, 4.69) is 0 Å². The van der Waals surface area contributed by atoms with Crippen molar-refractivity contribution < 1.29 is 28.6 Å². The van der Waals surface area contributed by atoms with Crippen molar-refractivity contribution in [3.63, 3.8) is 0 Å². The Hall–Kier alpha value is -4.15. The standard InChI is InChI=1S/C37H20Cl6N2O6/c1-3-15-13-44-31-19-6-8-21(37(48)51-34-25(42)11-17(39)12-26(34)43)28-22(35(46)49-4-2)14-45-32(30(19)28)18-5-7-20(27(15)29(18)31)36(47)50-33-23(40)9-16(38)10-24(33)41/h5-14H,3-4H2,1-2H3. The van der Waals surface area contributed by atoms with Crippen LogP contribution >= 0.6 is 69.6 Å². The predicted octanol–water partition coefficient (Wildman–Crippen LogP) is 11.6. The van der Waals surface area contributed by atoms with Crippen LogP contribution in [0.15, 0.2) is 60.9 Å². The number of fused-ring (bicyclic) bond motifs is 2. The van der Waals surface area contributed by atoms with Gasteiger partial charge in [0.15, 0.2) is 11.5 Å². The molecular weight excluding hydrogens is 781 g/mol. The van der Waals surface area contributed by atoms with Crippen molar-refractivity contribution in [3.05, 3.63) is 113 Å². The number of hydrogen-bond acceptors (Lipinski definition) is 8. The quantitative estimate of drug-likeness (QED) is 0.0679. The lowest BCUT2D eigenvalue weighted by atomic mass is 9.88. The summed E-state index contributed by atoms with van der Waals surface area (Å²) < 4.78 is 16.8. The number of rotatable bonds is 7. The molecule has 0 aliphatic heterocycles. The molecule has 51 heavy (non-hydrogen) atoms. The van der Waals surface area contributed by atoms with Crippen LogP contribution in [0.4, 0.5) is 0 Å². The Morgan fingerprint density at radius 3 is 1.49 bits per heavy atom. The first-order valence-electron chi connectivity index (χ1n) is 15.2. The van der Waals surface area contributed by atoms with Crippen LogP contribution in [0.2, 0.25) is 30.1 Å². The van der Waals surface area contributed by atoms with Gasteiger partial charge in [-0.1, -0.05) is 88.7 Å². The second kappa shape index (κ2) is 13.8. The zero-order valence-corrected chi connectivity index (χ0v) is 30.8. The number of hydrogen-bond donors (Lipinski definition) is 0. The van der Waals surface area contributed by atoms with E-state index in [1.54, 1.807) is 31.3 Å². The molecule has 7 rings (SSSR count). The highest BCUT2D eigenvalue weighted by molar-refractivity contribution is 6.42. The molecule has 0 saturated heterocycles. The van der Waals surface area contributed by atoms with Crippen LogP contribution < -0.4 is 9.47 Å². The molecule has 0 saturated carbocycles. The molecule has 0 aliphatic carbocycles. The molecule has 8 nitrogen and oxygen atoms in total. The maximum atomic E-state index is 13.9. The summed E-state index contributed by atoms with van der Waals surface area (Å²) in [6.45, 7) is 3.68. The minimum atomic E-state index is -0.849. The molecule has 0 fully saturated rings. The second-order valence-corrected chi connectivity index (χ2v) is 13.7. The van der Waals surface area contributed by atoms with Crippen LogP contribution in [-0.2, 0) is 11.2 Å².